The summed E-state index contributed by atoms with van der Waals surface area (Å²) in [6, 6.07) is 3.18. The Bertz CT molecular complexity index is 708. The summed E-state index contributed by atoms with van der Waals surface area (Å²) in [4.78, 5) is 8.16. The van der Waals surface area contributed by atoms with Gasteiger partial charge in [-0.05, 0) is 11.6 Å². The van der Waals surface area contributed by atoms with Crippen LogP contribution in [-0.2, 0) is 29.7 Å². The Morgan fingerprint density at radius 2 is 2.10 bits per heavy atom. The van der Waals surface area contributed by atoms with E-state index >= 15 is 0 Å². The molecule has 0 spiro atoms. The third kappa shape index (κ3) is 2.21. The average Bonchev–Trinajstić information content (AvgIpc) is 2.94. The number of rotatable bonds is 3. The molecule has 0 saturated heterocycles. The summed E-state index contributed by atoms with van der Waals surface area (Å²) in [6.07, 6.45) is 5.03. The van der Waals surface area contributed by atoms with Crippen LogP contribution in [0.3, 0.4) is 0 Å². The zero-order chi connectivity index (χ0) is 14.2. The van der Waals surface area contributed by atoms with Crippen molar-refractivity contribution in [3.8, 4) is 0 Å². The maximum Gasteiger partial charge on any atom is 0.260 e. The summed E-state index contributed by atoms with van der Waals surface area (Å²) in [5.41, 5.74) is 6.29. The summed E-state index contributed by atoms with van der Waals surface area (Å²) in [5.74, 6) is 0.749. The van der Waals surface area contributed by atoms with Gasteiger partial charge in [-0.15, -0.1) is 0 Å². The molecular formula is C12H15N5O2S. The number of imidazole rings is 1. The van der Waals surface area contributed by atoms with E-state index in [1.54, 1.807) is 12.3 Å². The first-order chi connectivity index (χ1) is 9.61. The first kappa shape index (κ1) is 13.2. The molecular weight excluding hydrogens is 278 g/mol. The molecule has 0 saturated carbocycles. The number of hydrogen-bond donors (Lipinski definition) is 1. The van der Waals surface area contributed by atoms with Crippen molar-refractivity contribution < 1.29 is 8.42 Å². The maximum atomic E-state index is 12.5. The molecule has 0 amide bonds. The Kier molecular flexibility index (Phi) is 3.28. The Morgan fingerprint density at radius 1 is 1.25 bits per heavy atom. The van der Waals surface area contributed by atoms with Crippen molar-refractivity contribution in [1.29, 1.82) is 0 Å². The smallest absolute Gasteiger partial charge is 0.260 e. The normalized spacial score (nSPS) is 16.1. The molecule has 106 valence electrons. The van der Waals surface area contributed by atoms with Gasteiger partial charge in [-0.2, -0.15) is 4.31 Å². The standard InChI is InChI=1S/C12H15N5O2S/c13-7-10-1-2-12(15-8-10)20(18,19)17-6-5-16-4-3-14-11(16)9-17/h1-4,8H,5-7,9,13H2. The second kappa shape index (κ2) is 4.97. The Balaban J connectivity index is 1.88. The van der Waals surface area contributed by atoms with Gasteiger partial charge in [-0.1, -0.05) is 6.07 Å². The van der Waals surface area contributed by atoms with Crippen LogP contribution in [0.25, 0.3) is 0 Å². The number of aromatic nitrogens is 3. The van der Waals surface area contributed by atoms with Gasteiger partial charge in [0.2, 0.25) is 0 Å². The lowest BCUT2D eigenvalue weighted by Crippen LogP contribution is -2.38. The number of fused-ring (bicyclic) bond motifs is 1. The zero-order valence-electron chi connectivity index (χ0n) is 10.8. The SMILES string of the molecule is NCc1ccc(S(=O)(=O)N2CCn3ccnc3C2)nc1. The van der Waals surface area contributed by atoms with E-state index in [1.165, 1.54) is 16.6 Å². The molecule has 1 aliphatic heterocycles. The fourth-order valence-electron chi connectivity index (χ4n) is 2.17. The first-order valence-electron chi connectivity index (χ1n) is 6.26. The van der Waals surface area contributed by atoms with E-state index in [0.29, 0.717) is 19.6 Å². The van der Waals surface area contributed by atoms with Crippen LogP contribution in [0.15, 0.2) is 35.7 Å². The van der Waals surface area contributed by atoms with Crippen LogP contribution < -0.4 is 5.73 Å². The van der Waals surface area contributed by atoms with Crippen molar-refractivity contribution in [2.75, 3.05) is 6.54 Å². The quantitative estimate of drug-likeness (QED) is 0.855. The minimum Gasteiger partial charge on any atom is -0.333 e. The molecule has 0 fully saturated rings. The third-order valence-corrected chi connectivity index (χ3v) is 5.11. The fourth-order valence-corrected chi connectivity index (χ4v) is 3.47. The van der Waals surface area contributed by atoms with Gasteiger partial charge in [0.25, 0.3) is 10.0 Å². The highest BCUT2D eigenvalue weighted by Gasteiger charge is 2.29. The molecule has 8 heteroatoms. The third-order valence-electron chi connectivity index (χ3n) is 3.35. The van der Waals surface area contributed by atoms with Crippen molar-refractivity contribution in [2.24, 2.45) is 5.73 Å². The topological polar surface area (TPSA) is 94.1 Å². The molecule has 2 aromatic rings. The van der Waals surface area contributed by atoms with Crippen LogP contribution >= 0.6 is 0 Å². The second-order valence-corrected chi connectivity index (χ2v) is 6.47. The molecule has 3 heterocycles. The number of hydrogen-bond acceptors (Lipinski definition) is 5. The van der Waals surface area contributed by atoms with E-state index < -0.39 is 10.0 Å². The Morgan fingerprint density at radius 3 is 2.80 bits per heavy atom. The zero-order valence-corrected chi connectivity index (χ0v) is 11.6. The van der Waals surface area contributed by atoms with Crippen LogP contribution in [0, 0.1) is 0 Å². The summed E-state index contributed by atoms with van der Waals surface area (Å²) in [5, 5.41) is 0.0507. The van der Waals surface area contributed by atoms with Crippen molar-refractivity contribution in [2.45, 2.75) is 24.7 Å². The molecule has 1 aliphatic rings. The molecule has 3 rings (SSSR count). The van der Waals surface area contributed by atoms with Crippen LogP contribution in [0.2, 0.25) is 0 Å². The highest BCUT2D eigenvalue weighted by Crippen LogP contribution is 2.19. The lowest BCUT2D eigenvalue weighted by molar-refractivity contribution is 0.334. The molecule has 7 nitrogen and oxygen atoms in total. The van der Waals surface area contributed by atoms with Crippen molar-refractivity contribution in [1.82, 2.24) is 18.8 Å². The van der Waals surface area contributed by atoms with Crippen LogP contribution in [-0.4, -0.2) is 33.8 Å². The number of pyridine rings is 1. The lowest BCUT2D eigenvalue weighted by atomic mass is 10.3. The molecule has 20 heavy (non-hydrogen) atoms. The molecule has 0 bridgehead atoms. The van der Waals surface area contributed by atoms with Crippen molar-refractivity contribution >= 4 is 10.0 Å². The van der Waals surface area contributed by atoms with E-state index in [1.807, 2.05) is 10.8 Å². The molecule has 0 aromatic carbocycles. The minimum absolute atomic E-state index is 0.0507. The van der Waals surface area contributed by atoms with E-state index in [-0.39, 0.29) is 11.6 Å². The average molecular weight is 293 g/mol. The number of nitrogens with zero attached hydrogens (tertiary/aromatic N) is 4. The predicted octanol–water partition coefficient (Wildman–Crippen LogP) is -0.0587. The highest BCUT2D eigenvalue weighted by molar-refractivity contribution is 7.89. The van der Waals surface area contributed by atoms with Gasteiger partial charge in [-0.3, -0.25) is 0 Å². The largest absolute Gasteiger partial charge is 0.333 e. The predicted molar refractivity (Wildman–Crippen MR) is 72.0 cm³/mol. The minimum atomic E-state index is -3.58. The van der Waals surface area contributed by atoms with Crippen LogP contribution in [0.5, 0.6) is 0 Å². The summed E-state index contributed by atoms with van der Waals surface area (Å²) in [7, 11) is -3.58. The van der Waals surface area contributed by atoms with Gasteiger partial charge in [0.05, 0.1) is 6.54 Å². The first-order valence-corrected chi connectivity index (χ1v) is 7.70. The van der Waals surface area contributed by atoms with Gasteiger partial charge < -0.3 is 10.3 Å². The number of sulfonamides is 1. The monoisotopic (exact) mass is 293 g/mol. The summed E-state index contributed by atoms with van der Waals surface area (Å²) in [6.45, 7) is 1.64. The van der Waals surface area contributed by atoms with E-state index in [9.17, 15) is 8.42 Å². The number of nitrogens with two attached hydrogens (primary N) is 1. The summed E-state index contributed by atoms with van der Waals surface area (Å²) >= 11 is 0. The Hall–Kier alpha value is -1.77. The van der Waals surface area contributed by atoms with E-state index in [4.69, 9.17) is 5.73 Å². The van der Waals surface area contributed by atoms with Gasteiger partial charge in [0.15, 0.2) is 5.03 Å². The van der Waals surface area contributed by atoms with Crippen molar-refractivity contribution in [3.05, 3.63) is 42.1 Å². The summed E-state index contributed by atoms with van der Waals surface area (Å²) < 4.78 is 28.4. The molecule has 0 radical (unpaired) electrons. The Labute approximate surface area is 117 Å². The second-order valence-electron chi connectivity index (χ2n) is 4.58. The van der Waals surface area contributed by atoms with Gasteiger partial charge in [-0.25, -0.2) is 18.4 Å². The molecule has 2 aromatic heterocycles. The van der Waals surface area contributed by atoms with E-state index in [0.717, 1.165) is 11.4 Å². The fraction of sp³-hybridized carbons (Fsp3) is 0.333. The molecule has 2 N–H and O–H groups in total. The molecule has 0 aliphatic carbocycles. The molecule has 0 atom stereocenters. The molecule has 0 unspecified atom stereocenters. The lowest BCUT2D eigenvalue weighted by Gasteiger charge is -2.26. The van der Waals surface area contributed by atoms with Gasteiger partial charge in [0, 0.05) is 38.2 Å². The van der Waals surface area contributed by atoms with Crippen molar-refractivity contribution in [3.63, 3.8) is 0 Å². The van der Waals surface area contributed by atoms with E-state index in [2.05, 4.69) is 9.97 Å². The van der Waals surface area contributed by atoms with Gasteiger partial charge >= 0.3 is 0 Å². The van der Waals surface area contributed by atoms with Gasteiger partial charge in [0.1, 0.15) is 5.82 Å². The maximum absolute atomic E-state index is 12.5. The van der Waals surface area contributed by atoms with Crippen LogP contribution in [0.1, 0.15) is 11.4 Å². The van der Waals surface area contributed by atoms with Crippen LogP contribution in [0.4, 0.5) is 0 Å². The highest BCUT2D eigenvalue weighted by atomic mass is 32.2.